The van der Waals surface area contributed by atoms with Gasteiger partial charge in [-0.3, -0.25) is 4.79 Å². The molecule has 0 aliphatic rings. The molecular formula is C10H10Cl2OS. The normalized spacial score (nSPS) is 12.6. The summed E-state index contributed by atoms with van der Waals surface area (Å²) in [6, 6.07) is 5.29. The fourth-order valence-corrected chi connectivity index (χ4v) is 1.94. The van der Waals surface area contributed by atoms with E-state index in [0.717, 1.165) is 10.5 Å². The van der Waals surface area contributed by atoms with E-state index in [1.54, 1.807) is 25.1 Å². The van der Waals surface area contributed by atoms with Crippen molar-refractivity contribution in [1.82, 2.24) is 0 Å². The van der Waals surface area contributed by atoms with Gasteiger partial charge in [-0.15, -0.1) is 35.8 Å². The molecular weight excluding hydrogens is 239 g/mol. The maximum Gasteiger partial charge on any atom is 0.180 e. The quantitative estimate of drug-likeness (QED) is 0.492. The molecule has 0 bridgehead atoms. The highest BCUT2D eigenvalue weighted by Gasteiger charge is 2.16. The zero-order chi connectivity index (χ0) is 10.7. The van der Waals surface area contributed by atoms with Crippen LogP contribution in [0.3, 0.4) is 0 Å². The van der Waals surface area contributed by atoms with Gasteiger partial charge in [-0.25, -0.2) is 0 Å². The number of benzene rings is 1. The number of Topliss-reactive ketones (excluding diaryl/α,β-unsaturated/α-hetero) is 1. The molecule has 1 aromatic rings. The van der Waals surface area contributed by atoms with Gasteiger partial charge in [-0.05, 0) is 18.6 Å². The number of hydrogen-bond acceptors (Lipinski definition) is 2. The second kappa shape index (κ2) is 5.06. The molecule has 0 aromatic heterocycles. The number of ketones is 1. The SMILES string of the molecule is CC(Cl)C(=O)c1cccc(S)c1CCl. The Hall–Kier alpha value is -0.180. The lowest BCUT2D eigenvalue weighted by Gasteiger charge is -2.09. The lowest BCUT2D eigenvalue weighted by atomic mass is 10.0. The summed E-state index contributed by atoms with van der Waals surface area (Å²) in [4.78, 5) is 12.4. The first-order chi connectivity index (χ1) is 6.57. The minimum Gasteiger partial charge on any atom is -0.293 e. The van der Waals surface area contributed by atoms with Crippen LogP contribution < -0.4 is 0 Å². The van der Waals surface area contributed by atoms with Crippen molar-refractivity contribution in [3.05, 3.63) is 29.3 Å². The molecule has 1 aromatic carbocycles. The highest BCUT2D eigenvalue weighted by Crippen LogP contribution is 2.22. The highest BCUT2D eigenvalue weighted by atomic mass is 35.5. The lowest BCUT2D eigenvalue weighted by molar-refractivity contribution is 0.0991. The maximum absolute atomic E-state index is 11.7. The van der Waals surface area contributed by atoms with Crippen LogP contribution in [-0.4, -0.2) is 11.2 Å². The molecule has 0 radical (unpaired) electrons. The van der Waals surface area contributed by atoms with Crippen LogP contribution in [0, 0.1) is 0 Å². The summed E-state index contributed by atoms with van der Waals surface area (Å²) >= 11 is 15.7. The van der Waals surface area contributed by atoms with Crippen LogP contribution in [-0.2, 0) is 5.88 Å². The highest BCUT2D eigenvalue weighted by molar-refractivity contribution is 7.80. The molecule has 0 saturated heterocycles. The van der Waals surface area contributed by atoms with Crippen molar-refractivity contribution < 1.29 is 4.79 Å². The van der Waals surface area contributed by atoms with Crippen molar-refractivity contribution in [2.45, 2.75) is 23.1 Å². The summed E-state index contributed by atoms with van der Waals surface area (Å²) in [7, 11) is 0. The number of carbonyl (C=O) groups excluding carboxylic acids is 1. The van der Waals surface area contributed by atoms with Crippen LogP contribution in [0.4, 0.5) is 0 Å². The molecule has 76 valence electrons. The molecule has 0 amide bonds. The molecule has 0 aliphatic carbocycles. The Bertz CT molecular complexity index is 350. The van der Waals surface area contributed by atoms with Gasteiger partial charge < -0.3 is 0 Å². The molecule has 1 rings (SSSR count). The van der Waals surface area contributed by atoms with Crippen molar-refractivity contribution in [1.29, 1.82) is 0 Å². The standard InChI is InChI=1S/C10H10Cl2OS/c1-6(12)10(13)7-3-2-4-9(14)8(7)5-11/h2-4,6,14H,5H2,1H3. The number of halogens is 2. The molecule has 0 saturated carbocycles. The Kier molecular flexibility index (Phi) is 4.30. The van der Waals surface area contributed by atoms with Crippen LogP contribution in [0.5, 0.6) is 0 Å². The van der Waals surface area contributed by atoms with E-state index in [0.29, 0.717) is 5.56 Å². The van der Waals surface area contributed by atoms with Gasteiger partial charge in [-0.2, -0.15) is 0 Å². The summed E-state index contributed by atoms with van der Waals surface area (Å²) in [5.41, 5.74) is 1.31. The van der Waals surface area contributed by atoms with Gasteiger partial charge in [0.2, 0.25) is 0 Å². The number of carbonyl (C=O) groups is 1. The molecule has 0 fully saturated rings. The molecule has 0 aliphatic heterocycles. The van der Waals surface area contributed by atoms with Crippen molar-refractivity contribution in [3.63, 3.8) is 0 Å². The minimum atomic E-state index is -0.535. The second-order valence-electron chi connectivity index (χ2n) is 2.92. The van der Waals surface area contributed by atoms with Crippen LogP contribution >= 0.6 is 35.8 Å². The van der Waals surface area contributed by atoms with Crippen LogP contribution in [0.1, 0.15) is 22.8 Å². The molecule has 4 heteroatoms. The van der Waals surface area contributed by atoms with Gasteiger partial charge in [0.05, 0.1) is 5.38 Å². The van der Waals surface area contributed by atoms with E-state index in [4.69, 9.17) is 23.2 Å². The van der Waals surface area contributed by atoms with Gasteiger partial charge in [-0.1, -0.05) is 12.1 Å². The zero-order valence-electron chi connectivity index (χ0n) is 7.63. The summed E-state index contributed by atoms with van der Waals surface area (Å²) in [5.74, 6) is 0.155. The van der Waals surface area contributed by atoms with Crippen molar-refractivity contribution in [3.8, 4) is 0 Å². The molecule has 0 N–H and O–H groups in total. The van der Waals surface area contributed by atoms with E-state index in [1.165, 1.54) is 0 Å². The summed E-state index contributed by atoms with van der Waals surface area (Å²) < 4.78 is 0. The van der Waals surface area contributed by atoms with Gasteiger partial charge in [0, 0.05) is 16.3 Å². The monoisotopic (exact) mass is 248 g/mol. The van der Waals surface area contributed by atoms with E-state index in [9.17, 15) is 4.79 Å². The van der Waals surface area contributed by atoms with Gasteiger partial charge in [0.15, 0.2) is 5.78 Å². The smallest absolute Gasteiger partial charge is 0.180 e. The molecule has 1 unspecified atom stereocenters. The Morgan fingerprint density at radius 2 is 2.21 bits per heavy atom. The average Bonchev–Trinajstić information content (AvgIpc) is 2.16. The Labute approximate surface area is 98.8 Å². The summed E-state index contributed by atoms with van der Waals surface area (Å²) in [6.07, 6.45) is 0. The summed E-state index contributed by atoms with van der Waals surface area (Å²) in [6.45, 7) is 1.65. The Morgan fingerprint density at radius 3 is 2.71 bits per heavy atom. The van der Waals surface area contributed by atoms with E-state index in [-0.39, 0.29) is 11.7 Å². The first-order valence-corrected chi connectivity index (χ1v) is 5.54. The van der Waals surface area contributed by atoms with E-state index < -0.39 is 5.38 Å². The van der Waals surface area contributed by atoms with E-state index in [1.807, 2.05) is 0 Å². The molecule has 14 heavy (non-hydrogen) atoms. The Balaban J connectivity index is 3.20. The topological polar surface area (TPSA) is 17.1 Å². The van der Waals surface area contributed by atoms with Crippen molar-refractivity contribution >= 4 is 41.6 Å². The largest absolute Gasteiger partial charge is 0.293 e. The fraction of sp³-hybridized carbons (Fsp3) is 0.300. The van der Waals surface area contributed by atoms with E-state index in [2.05, 4.69) is 12.6 Å². The third-order valence-corrected chi connectivity index (χ3v) is 2.80. The first kappa shape index (κ1) is 11.9. The number of hydrogen-bond donors (Lipinski definition) is 1. The van der Waals surface area contributed by atoms with Crippen molar-refractivity contribution in [2.75, 3.05) is 0 Å². The molecule has 0 spiro atoms. The third-order valence-electron chi connectivity index (χ3n) is 1.91. The van der Waals surface area contributed by atoms with Crippen molar-refractivity contribution in [2.24, 2.45) is 0 Å². The molecule has 1 nitrogen and oxygen atoms in total. The predicted octanol–water partition coefficient (Wildman–Crippen LogP) is 3.52. The lowest BCUT2D eigenvalue weighted by Crippen LogP contribution is -2.12. The number of alkyl halides is 2. The predicted molar refractivity (Wildman–Crippen MR) is 62.9 cm³/mol. The average molecular weight is 249 g/mol. The maximum atomic E-state index is 11.7. The van der Waals surface area contributed by atoms with Gasteiger partial charge in [0.25, 0.3) is 0 Å². The van der Waals surface area contributed by atoms with Gasteiger partial charge >= 0.3 is 0 Å². The number of rotatable bonds is 3. The minimum absolute atomic E-state index is 0.113. The zero-order valence-corrected chi connectivity index (χ0v) is 10.0. The Morgan fingerprint density at radius 1 is 1.57 bits per heavy atom. The fourth-order valence-electron chi connectivity index (χ4n) is 1.16. The summed E-state index contributed by atoms with van der Waals surface area (Å²) in [5, 5.41) is -0.535. The van der Waals surface area contributed by atoms with Crippen LogP contribution in [0.15, 0.2) is 23.1 Å². The second-order valence-corrected chi connectivity index (χ2v) is 4.32. The number of thiol groups is 1. The van der Waals surface area contributed by atoms with Crippen LogP contribution in [0.2, 0.25) is 0 Å². The first-order valence-electron chi connectivity index (χ1n) is 4.13. The third kappa shape index (κ3) is 2.44. The molecule has 1 atom stereocenters. The molecule has 0 heterocycles. The van der Waals surface area contributed by atoms with E-state index >= 15 is 0 Å². The van der Waals surface area contributed by atoms with Gasteiger partial charge in [0.1, 0.15) is 0 Å². The van der Waals surface area contributed by atoms with Crippen LogP contribution in [0.25, 0.3) is 0 Å².